The summed E-state index contributed by atoms with van der Waals surface area (Å²) in [6.45, 7) is 5.77. The Morgan fingerprint density at radius 3 is 2.46 bits per heavy atom. The van der Waals surface area contributed by atoms with E-state index in [1.807, 2.05) is 53.2 Å². The molecule has 6 rings (SSSR count). The number of nitrogens with zero attached hydrogens (tertiary/aromatic N) is 5. The molecule has 3 aromatic carbocycles. The number of sulfonamides is 1. The lowest BCUT2D eigenvalue weighted by Gasteiger charge is -2.21. The van der Waals surface area contributed by atoms with Gasteiger partial charge in [0.25, 0.3) is 10.0 Å². The van der Waals surface area contributed by atoms with E-state index in [2.05, 4.69) is 26.9 Å². The molecule has 0 aliphatic carbocycles. The van der Waals surface area contributed by atoms with Crippen LogP contribution in [0.3, 0.4) is 0 Å². The van der Waals surface area contributed by atoms with Crippen LogP contribution >= 0.6 is 0 Å². The van der Waals surface area contributed by atoms with Gasteiger partial charge in [0.05, 0.1) is 35.1 Å². The smallest absolute Gasteiger partial charge is 0.264 e. The van der Waals surface area contributed by atoms with Gasteiger partial charge in [-0.15, -0.1) is 0 Å². The number of carbonyl (C=O) groups excluding carboxylic acids is 1. The Morgan fingerprint density at radius 1 is 0.979 bits per heavy atom. The molecular formula is C36H36N6O5S. The number of hydrogen-bond acceptors (Lipinski definition) is 8. The van der Waals surface area contributed by atoms with Crippen molar-refractivity contribution in [3.63, 3.8) is 0 Å². The molecule has 3 heterocycles. The third-order valence-electron chi connectivity index (χ3n) is 8.25. The van der Waals surface area contributed by atoms with Gasteiger partial charge in [-0.25, -0.2) is 22.8 Å². The minimum atomic E-state index is -4.09. The molecule has 1 N–H and O–H groups in total. The summed E-state index contributed by atoms with van der Waals surface area (Å²) in [5.74, 6) is 0.365. The fourth-order valence-corrected chi connectivity index (χ4v) is 6.86. The van der Waals surface area contributed by atoms with Gasteiger partial charge >= 0.3 is 0 Å². The first-order valence-electron chi connectivity index (χ1n) is 15.6. The van der Waals surface area contributed by atoms with E-state index in [-0.39, 0.29) is 29.7 Å². The number of amides is 1. The number of nitrogens with one attached hydrogen (secondary N) is 1. The highest BCUT2D eigenvalue weighted by Crippen LogP contribution is 2.35. The summed E-state index contributed by atoms with van der Waals surface area (Å²) >= 11 is 0. The average Bonchev–Trinajstić information content (AvgIpc) is 3.84. The molecule has 0 unspecified atom stereocenters. The molecule has 0 atom stereocenters. The van der Waals surface area contributed by atoms with Crippen molar-refractivity contribution in [1.82, 2.24) is 24.8 Å². The lowest BCUT2D eigenvalue weighted by molar-refractivity contribution is -0.129. The van der Waals surface area contributed by atoms with Gasteiger partial charge in [-0.05, 0) is 61.7 Å². The molecule has 0 saturated heterocycles. The first kappa shape index (κ1) is 32.5. The molecule has 0 spiro atoms. The fraction of sp³-hybridized carbons (Fsp3) is 0.222. The molecule has 0 bridgehead atoms. The summed E-state index contributed by atoms with van der Waals surface area (Å²) in [6, 6.07) is 22.1. The number of oxazole rings is 1. The monoisotopic (exact) mass is 664 g/mol. The van der Waals surface area contributed by atoms with Gasteiger partial charge in [-0.3, -0.25) is 4.79 Å². The summed E-state index contributed by atoms with van der Waals surface area (Å²) in [6.07, 6.45) is 6.66. The number of likely N-dealkylation sites (N-methyl/N-ethyl adjacent to an activating group) is 1. The predicted octanol–water partition coefficient (Wildman–Crippen LogP) is 6.75. The van der Waals surface area contributed by atoms with Crippen LogP contribution in [0.25, 0.3) is 28.3 Å². The molecule has 0 saturated carbocycles. The number of para-hydroxylation sites is 1. The number of hydrogen-bond donors (Lipinski definition) is 1. The van der Waals surface area contributed by atoms with Gasteiger partial charge < -0.3 is 13.8 Å². The average molecular weight is 665 g/mol. The lowest BCUT2D eigenvalue weighted by Crippen LogP contribution is -2.28. The maximum absolute atomic E-state index is 13.8. The molecule has 246 valence electrons. The first-order valence-corrected chi connectivity index (χ1v) is 17.1. The third kappa shape index (κ3) is 6.65. The Morgan fingerprint density at radius 2 is 1.75 bits per heavy atom. The molecular weight excluding hydrogens is 628 g/mol. The lowest BCUT2D eigenvalue weighted by atomic mass is 9.96. The first-order chi connectivity index (χ1) is 23.2. The number of carbonyl (C=O) groups is 1. The van der Waals surface area contributed by atoms with Crippen molar-refractivity contribution in [2.75, 3.05) is 11.8 Å². The van der Waals surface area contributed by atoms with Gasteiger partial charge in [-0.1, -0.05) is 61.0 Å². The van der Waals surface area contributed by atoms with Crippen molar-refractivity contribution < 1.29 is 22.2 Å². The second kappa shape index (κ2) is 13.7. The van der Waals surface area contributed by atoms with Crippen LogP contribution in [0.15, 0.2) is 105 Å². The Kier molecular flexibility index (Phi) is 9.26. The highest BCUT2D eigenvalue weighted by molar-refractivity contribution is 7.92. The summed E-state index contributed by atoms with van der Waals surface area (Å²) in [7, 11) is -2.35. The highest BCUT2D eigenvalue weighted by Gasteiger charge is 2.25. The summed E-state index contributed by atoms with van der Waals surface area (Å²) in [4.78, 5) is 19.8. The maximum Gasteiger partial charge on any atom is 0.264 e. The second-order valence-corrected chi connectivity index (χ2v) is 13.2. The zero-order valence-corrected chi connectivity index (χ0v) is 28.0. The van der Waals surface area contributed by atoms with Crippen LogP contribution in [0, 0.1) is 13.8 Å². The van der Waals surface area contributed by atoms with Crippen molar-refractivity contribution in [2.45, 2.75) is 51.5 Å². The van der Waals surface area contributed by atoms with Crippen molar-refractivity contribution in [3.8, 4) is 28.3 Å². The summed E-state index contributed by atoms with van der Waals surface area (Å²) in [5.41, 5.74) is 6.51. The quantitative estimate of drug-likeness (QED) is 0.152. The minimum absolute atomic E-state index is 0.0510. The summed E-state index contributed by atoms with van der Waals surface area (Å²) in [5, 5.41) is 8.49. The number of aryl methyl sites for hydroxylation is 1. The van der Waals surface area contributed by atoms with Gasteiger partial charge in [0.15, 0.2) is 0 Å². The van der Waals surface area contributed by atoms with E-state index in [1.54, 1.807) is 56.4 Å². The Labute approximate surface area is 279 Å². The van der Waals surface area contributed by atoms with E-state index < -0.39 is 10.0 Å². The Balaban J connectivity index is 1.34. The summed E-state index contributed by atoms with van der Waals surface area (Å²) < 4.78 is 42.8. The van der Waals surface area contributed by atoms with E-state index in [1.165, 1.54) is 12.3 Å². The SMILES string of the molecule is CCCc1c(CC(=O)N(C)Cc2cc(-c3ncco3)ccc2-c2ccccc2S(=O)(=O)Nc2onc(C)c2C)cnn1-c1ccccc1. The molecule has 0 aliphatic rings. The maximum atomic E-state index is 13.8. The van der Waals surface area contributed by atoms with Crippen molar-refractivity contribution in [2.24, 2.45) is 0 Å². The molecule has 0 radical (unpaired) electrons. The number of aromatic nitrogens is 4. The van der Waals surface area contributed by atoms with Crippen LogP contribution < -0.4 is 4.72 Å². The number of rotatable bonds is 12. The molecule has 0 fully saturated rings. The van der Waals surface area contributed by atoms with Crippen molar-refractivity contribution in [1.29, 1.82) is 0 Å². The fourth-order valence-electron chi connectivity index (χ4n) is 5.59. The third-order valence-corrected chi connectivity index (χ3v) is 9.64. The number of benzene rings is 3. The van der Waals surface area contributed by atoms with Gasteiger partial charge in [-0.2, -0.15) is 5.10 Å². The van der Waals surface area contributed by atoms with E-state index in [4.69, 9.17) is 8.94 Å². The van der Waals surface area contributed by atoms with Crippen molar-refractivity contribution >= 4 is 21.8 Å². The van der Waals surface area contributed by atoms with Crippen LogP contribution in [0.1, 0.15) is 41.4 Å². The van der Waals surface area contributed by atoms with E-state index in [0.717, 1.165) is 29.8 Å². The minimum Gasteiger partial charge on any atom is -0.445 e. The van der Waals surface area contributed by atoms with Crippen LogP contribution in [-0.4, -0.2) is 46.2 Å². The number of anilines is 1. The molecule has 6 aromatic rings. The van der Waals surface area contributed by atoms with Crippen LogP contribution in [0.2, 0.25) is 0 Å². The van der Waals surface area contributed by atoms with E-state index in [0.29, 0.717) is 39.4 Å². The molecule has 48 heavy (non-hydrogen) atoms. The standard InChI is InChI=1S/C36H36N6O5S/c1-5-11-32-27(22-38-42(32)29-12-7-6-8-13-29)21-34(43)41(4)23-28-20-26(36-37-18-19-46-36)16-17-30(28)31-14-9-10-15-33(31)48(44,45)40-35-24(2)25(3)39-47-35/h6-10,12-20,22,40H,5,11,21,23H2,1-4H3. The zero-order chi connectivity index (χ0) is 33.8. The van der Waals surface area contributed by atoms with Gasteiger partial charge in [0.1, 0.15) is 6.26 Å². The van der Waals surface area contributed by atoms with Crippen LogP contribution in [0.5, 0.6) is 0 Å². The molecule has 3 aromatic heterocycles. The van der Waals surface area contributed by atoms with Gasteiger partial charge in [0.2, 0.25) is 17.7 Å². The largest absolute Gasteiger partial charge is 0.445 e. The van der Waals surface area contributed by atoms with Crippen LogP contribution in [-0.2, 0) is 34.2 Å². The zero-order valence-electron chi connectivity index (χ0n) is 27.2. The Bertz CT molecular complexity index is 2150. The molecule has 0 aliphatic heterocycles. The van der Waals surface area contributed by atoms with Crippen LogP contribution in [0.4, 0.5) is 5.88 Å². The molecule has 12 heteroatoms. The Hall–Kier alpha value is -5.49. The second-order valence-electron chi connectivity index (χ2n) is 11.6. The topological polar surface area (TPSA) is 136 Å². The van der Waals surface area contributed by atoms with E-state index >= 15 is 0 Å². The normalized spacial score (nSPS) is 11.5. The molecule has 11 nitrogen and oxygen atoms in total. The van der Waals surface area contributed by atoms with Gasteiger partial charge in [0, 0.05) is 41.5 Å². The van der Waals surface area contributed by atoms with Crippen molar-refractivity contribution in [3.05, 3.63) is 120 Å². The predicted molar refractivity (Wildman–Crippen MR) is 182 cm³/mol. The van der Waals surface area contributed by atoms with E-state index in [9.17, 15) is 13.2 Å². The molecule has 1 amide bonds. The highest BCUT2D eigenvalue weighted by atomic mass is 32.2.